The topological polar surface area (TPSA) is 12.0 Å². The van der Waals surface area contributed by atoms with E-state index >= 15 is 0 Å². The van der Waals surface area contributed by atoms with Gasteiger partial charge in [-0.3, -0.25) is 0 Å². The van der Waals surface area contributed by atoms with Gasteiger partial charge in [0.15, 0.2) is 0 Å². The standard InChI is InChI=1S/C14H27N/c1-4-5-6-7-8-10-14(2)11-9-13(12-14)15-3/h4,13,15H,1,5-12H2,2-3H3. The number of unbranched alkanes of at least 4 members (excludes halogenated alkanes) is 3. The third kappa shape index (κ3) is 4.38. The molecule has 0 radical (unpaired) electrons. The molecule has 1 N–H and O–H groups in total. The van der Waals surface area contributed by atoms with Gasteiger partial charge in [0.2, 0.25) is 0 Å². The molecule has 1 aliphatic rings. The van der Waals surface area contributed by atoms with E-state index in [9.17, 15) is 0 Å². The molecule has 0 aromatic rings. The fraction of sp³-hybridized carbons (Fsp3) is 0.857. The zero-order valence-corrected chi connectivity index (χ0v) is 10.5. The number of rotatable bonds is 7. The van der Waals surface area contributed by atoms with Crippen LogP contribution < -0.4 is 5.32 Å². The van der Waals surface area contributed by atoms with Crippen LogP contribution in [0.1, 0.15) is 58.3 Å². The van der Waals surface area contributed by atoms with E-state index in [-0.39, 0.29) is 0 Å². The van der Waals surface area contributed by atoms with E-state index < -0.39 is 0 Å². The van der Waals surface area contributed by atoms with Crippen LogP contribution in [0.15, 0.2) is 12.7 Å². The van der Waals surface area contributed by atoms with Gasteiger partial charge in [0.1, 0.15) is 0 Å². The largest absolute Gasteiger partial charge is 0.317 e. The molecule has 1 saturated carbocycles. The molecule has 2 atom stereocenters. The average molecular weight is 209 g/mol. The lowest BCUT2D eigenvalue weighted by atomic mass is 9.83. The van der Waals surface area contributed by atoms with Crippen molar-refractivity contribution in [1.29, 1.82) is 0 Å². The first kappa shape index (κ1) is 12.8. The summed E-state index contributed by atoms with van der Waals surface area (Å²) in [5.74, 6) is 0. The van der Waals surface area contributed by atoms with Crippen molar-refractivity contribution in [2.24, 2.45) is 5.41 Å². The highest BCUT2D eigenvalue weighted by molar-refractivity contribution is 4.88. The number of hydrogen-bond donors (Lipinski definition) is 1. The zero-order chi connectivity index (χ0) is 11.1. The van der Waals surface area contributed by atoms with Crippen molar-refractivity contribution >= 4 is 0 Å². The molecule has 0 bridgehead atoms. The van der Waals surface area contributed by atoms with Gasteiger partial charge in [-0.2, -0.15) is 0 Å². The highest BCUT2D eigenvalue weighted by Crippen LogP contribution is 2.41. The van der Waals surface area contributed by atoms with Gasteiger partial charge < -0.3 is 5.32 Å². The van der Waals surface area contributed by atoms with E-state index in [1.54, 1.807) is 0 Å². The molecule has 0 aromatic heterocycles. The number of nitrogens with one attached hydrogen (secondary N) is 1. The Hall–Kier alpha value is -0.300. The van der Waals surface area contributed by atoms with Crippen molar-refractivity contribution in [3.8, 4) is 0 Å². The van der Waals surface area contributed by atoms with Crippen molar-refractivity contribution < 1.29 is 0 Å². The smallest absolute Gasteiger partial charge is 0.00694 e. The summed E-state index contributed by atoms with van der Waals surface area (Å²) in [6.45, 7) is 6.23. The average Bonchev–Trinajstić information content (AvgIpc) is 2.61. The first-order chi connectivity index (χ1) is 7.20. The lowest BCUT2D eigenvalue weighted by Gasteiger charge is -2.24. The van der Waals surface area contributed by atoms with E-state index in [0.29, 0.717) is 5.41 Å². The summed E-state index contributed by atoms with van der Waals surface area (Å²) in [5.41, 5.74) is 0.627. The lowest BCUT2D eigenvalue weighted by Crippen LogP contribution is -2.23. The second-order valence-corrected chi connectivity index (χ2v) is 5.43. The summed E-state index contributed by atoms with van der Waals surface area (Å²) < 4.78 is 0. The highest BCUT2D eigenvalue weighted by Gasteiger charge is 2.33. The van der Waals surface area contributed by atoms with E-state index in [0.717, 1.165) is 6.04 Å². The van der Waals surface area contributed by atoms with Crippen molar-refractivity contribution in [3.63, 3.8) is 0 Å². The molecule has 1 nitrogen and oxygen atoms in total. The normalized spacial score (nSPS) is 30.7. The molecule has 0 spiro atoms. The molecule has 1 rings (SSSR count). The molecule has 0 aromatic carbocycles. The summed E-state index contributed by atoms with van der Waals surface area (Å²) in [6.07, 6.45) is 12.9. The fourth-order valence-corrected chi connectivity index (χ4v) is 2.81. The Morgan fingerprint density at radius 2 is 2.20 bits per heavy atom. The van der Waals surface area contributed by atoms with Crippen molar-refractivity contribution in [2.45, 2.75) is 64.3 Å². The summed E-state index contributed by atoms with van der Waals surface area (Å²) in [6, 6.07) is 0.781. The van der Waals surface area contributed by atoms with Crippen LogP contribution in [0.3, 0.4) is 0 Å². The minimum Gasteiger partial charge on any atom is -0.317 e. The van der Waals surface area contributed by atoms with Crippen LogP contribution in [-0.4, -0.2) is 13.1 Å². The maximum absolute atomic E-state index is 3.76. The van der Waals surface area contributed by atoms with Crippen LogP contribution in [0.4, 0.5) is 0 Å². The first-order valence-corrected chi connectivity index (χ1v) is 6.48. The van der Waals surface area contributed by atoms with Gasteiger partial charge in [-0.05, 0) is 51.0 Å². The summed E-state index contributed by atoms with van der Waals surface area (Å²) >= 11 is 0. The molecule has 1 fully saturated rings. The second-order valence-electron chi connectivity index (χ2n) is 5.43. The van der Waals surface area contributed by atoms with Crippen LogP contribution >= 0.6 is 0 Å². The predicted octanol–water partition coefficient (Wildman–Crippen LogP) is 3.90. The number of hydrogen-bond acceptors (Lipinski definition) is 1. The molecule has 1 heteroatoms. The maximum atomic E-state index is 3.76. The molecular formula is C14H27N. The molecule has 88 valence electrons. The molecule has 1 aliphatic carbocycles. The Balaban J connectivity index is 2.12. The molecule has 2 unspecified atom stereocenters. The van der Waals surface area contributed by atoms with Crippen LogP contribution in [-0.2, 0) is 0 Å². The Morgan fingerprint density at radius 1 is 1.40 bits per heavy atom. The molecule has 0 saturated heterocycles. The Bertz CT molecular complexity index is 188. The maximum Gasteiger partial charge on any atom is 0.00694 e. The van der Waals surface area contributed by atoms with Crippen molar-refractivity contribution in [2.75, 3.05) is 7.05 Å². The SMILES string of the molecule is C=CCCCCCC1(C)CCC(NC)C1. The number of allylic oxidation sites excluding steroid dienone is 1. The van der Waals surface area contributed by atoms with Gasteiger partial charge in [-0.15, -0.1) is 6.58 Å². The second kappa shape index (κ2) is 6.32. The van der Waals surface area contributed by atoms with Crippen LogP contribution in [0.25, 0.3) is 0 Å². The molecule has 15 heavy (non-hydrogen) atoms. The fourth-order valence-electron chi connectivity index (χ4n) is 2.81. The third-order valence-electron chi connectivity index (χ3n) is 3.93. The molecule has 0 aliphatic heterocycles. The van der Waals surface area contributed by atoms with E-state index in [2.05, 4.69) is 25.9 Å². The highest BCUT2D eigenvalue weighted by atomic mass is 14.9. The van der Waals surface area contributed by atoms with Crippen molar-refractivity contribution in [3.05, 3.63) is 12.7 Å². The predicted molar refractivity (Wildman–Crippen MR) is 68.1 cm³/mol. The first-order valence-electron chi connectivity index (χ1n) is 6.48. The Morgan fingerprint density at radius 3 is 2.80 bits per heavy atom. The van der Waals surface area contributed by atoms with Gasteiger partial charge in [0, 0.05) is 6.04 Å². The van der Waals surface area contributed by atoms with E-state index in [1.165, 1.54) is 51.4 Å². The summed E-state index contributed by atoms with van der Waals surface area (Å²) in [7, 11) is 2.10. The quantitative estimate of drug-likeness (QED) is 0.495. The van der Waals surface area contributed by atoms with E-state index in [4.69, 9.17) is 0 Å². The minimum absolute atomic E-state index is 0.627. The minimum atomic E-state index is 0.627. The van der Waals surface area contributed by atoms with Gasteiger partial charge >= 0.3 is 0 Å². The molecular weight excluding hydrogens is 182 g/mol. The Labute approximate surface area is 95.3 Å². The van der Waals surface area contributed by atoms with E-state index in [1.807, 2.05) is 6.08 Å². The Kier molecular flexibility index (Phi) is 5.38. The zero-order valence-electron chi connectivity index (χ0n) is 10.5. The van der Waals surface area contributed by atoms with Crippen molar-refractivity contribution in [1.82, 2.24) is 5.32 Å². The third-order valence-corrected chi connectivity index (χ3v) is 3.93. The van der Waals surface area contributed by atoms with Crippen LogP contribution in [0.5, 0.6) is 0 Å². The lowest BCUT2D eigenvalue weighted by molar-refractivity contribution is 0.287. The van der Waals surface area contributed by atoms with Crippen LogP contribution in [0.2, 0.25) is 0 Å². The van der Waals surface area contributed by atoms with Gasteiger partial charge in [0.05, 0.1) is 0 Å². The van der Waals surface area contributed by atoms with Gasteiger partial charge in [-0.1, -0.05) is 25.8 Å². The van der Waals surface area contributed by atoms with Gasteiger partial charge in [0.25, 0.3) is 0 Å². The summed E-state index contributed by atoms with van der Waals surface area (Å²) in [5, 5.41) is 3.42. The molecule has 0 heterocycles. The monoisotopic (exact) mass is 209 g/mol. The summed E-state index contributed by atoms with van der Waals surface area (Å²) in [4.78, 5) is 0. The van der Waals surface area contributed by atoms with Gasteiger partial charge in [-0.25, -0.2) is 0 Å². The molecule has 0 amide bonds. The van der Waals surface area contributed by atoms with Crippen LogP contribution in [0, 0.1) is 5.41 Å².